The van der Waals surface area contributed by atoms with Crippen LogP contribution in [0.5, 0.6) is 0 Å². The Labute approximate surface area is 104 Å². The highest BCUT2D eigenvalue weighted by Gasteiger charge is 2.12. The molecule has 0 aliphatic rings. The van der Waals surface area contributed by atoms with Crippen molar-refractivity contribution in [1.29, 1.82) is 0 Å². The fraction of sp³-hybridized carbons (Fsp3) is 0.615. The van der Waals surface area contributed by atoms with Crippen LogP contribution in [0.2, 0.25) is 5.15 Å². The first kappa shape index (κ1) is 13.5. The van der Waals surface area contributed by atoms with Crippen LogP contribution in [0.4, 0.5) is 0 Å². The van der Waals surface area contributed by atoms with Gasteiger partial charge in [0, 0.05) is 24.3 Å². The third-order valence-corrected chi connectivity index (χ3v) is 3.16. The van der Waals surface area contributed by atoms with Crippen molar-refractivity contribution in [2.45, 2.75) is 39.8 Å². The van der Waals surface area contributed by atoms with Gasteiger partial charge in [-0.05, 0) is 32.4 Å². The third kappa shape index (κ3) is 4.11. The van der Waals surface area contributed by atoms with Crippen LogP contribution < -0.4 is 0 Å². The molecule has 0 aromatic carbocycles. The highest BCUT2D eigenvalue weighted by atomic mass is 35.5. The van der Waals surface area contributed by atoms with Crippen molar-refractivity contribution in [3.8, 4) is 0 Å². The fourth-order valence-electron chi connectivity index (χ4n) is 1.82. The molecule has 2 nitrogen and oxygen atoms in total. The van der Waals surface area contributed by atoms with Crippen molar-refractivity contribution in [1.82, 2.24) is 9.88 Å². The van der Waals surface area contributed by atoms with Gasteiger partial charge in [0.05, 0.1) is 0 Å². The Bertz CT molecular complexity index is 325. The Hall–Kier alpha value is -0.600. The molecule has 90 valence electrons. The molecule has 0 aliphatic heterocycles. The molecule has 1 atom stereocenters. The van der Waals surface area contributed by atoms with Crippen LogP contribution in [0.3, 0.4) is 0 Å². The van der Waals surface area contributed by atoms with Gasteiger partial charge < -0.3 is 0 Å². The molecule has 0 fully saturated rings. The first-order valence-electron chi connectivity index (χ1n) is 5.80. The first-order valence-corrected chi connectivity index (χ1v) is 6.18. The monoisotopic (exact) mass is 240 g/mol. The molecule has 1 aromatic heterocycles. The molecule has 0 saturated carbocycles. The molecule has 1 aromatic rings. The predicted octanol–water partition coefficient (Wildman–Crippen LogP) is 3.60. The zero-order chi connectivity index (χ0) is 12.1. The molecule has 0 radical (unpaired) electrons. The first-order chi connectivity index (χ1) is 7.50. The molecular weight excluding hydrogens is 220 g/mol. The Kier molecular flexibility index (Phi) is 5.23. The van der Waals surface area contributed by atoms with Gasteiger partial charge in [-0.1, -0.05) is 31.5 Å². The number of rotatable bonds is 5. The van der Waals surface area contributed by atoms with Crippen LogP contribution in [0.15, 0.2) is 18.3 Å². The van der Waals surface area contributed by atoms with Gasteiger partial charge in [-0.15, -0.1) is 0 Å². The lowest BCUT2D eigenvalue weighted by Crippen LogP contribution is -2.29. The Morgan fingerprint density at radius 2 is 2.06 bits per heavy atom. The van der Waals surface area contributed by atoms with Crippen molar-refractivity contribution >= 4 is 11.6 Å². The van der Waals surface area contributed by atoms with E-state index in [4.69, 9.17) is 11.6 Å². The van der Waals surface area contributed by atoms with Crippen LogP contribution in [-0.2, 0) is 6.54 Å². The molecule has 0 N–H and O–H groups in total. The van der Waals surface area contributed by atoms with E-state index in [1.54, 1.807) is 6.20 Å². The molecule has 1 rings (SSSR count). The molecule has 0 aliphatic carbocycles. The van der Waals surface area contributed by atoms with E-state index < -0.39 is 0 Å². The number of pyridine rings is 1. The van der Waals surface area contributed by atoms with Crippen molar-refractivity contribution in [2.75, 3.05) is 7.05 Å². The highest BCUT2D eigenvalue weighted by Crippen LogP contribution is 2.17. The van der Waals surface area contributed by atoms with Gasteiger partial charge in [0.15, 0.2) is 0 Å². The van der Waals surface area contributed by atoms with Crippen LogP contribution in [0.1, 0.15) is 32.8 Å². The highest BCUT2D eigenvalue weighted by molar-refractivity contribution is 6.30. The zero-order valence-corrected chi connectivity index (χ0v) is 11.3. The summed E-state index contributed by atoms with van der Waals surface area (Å²) in [5.41, 5.74) is 1.10. The molecule has 0 amide bonds. The van der Waals surface area contributed by atoms with E-state index in [0.29, 0.717) is 11.2 Å². The summed E-state index contributed by atoms with van der Waals surface area (Å²) in [6.07, 6.45) is 2.93. The summed E-state index contributed by atoms with van der Waals surface area (Å²) in [7, 11) is 2.14. The minimum Gasteiger partial charge on any atom is -0.299 e. The lowest BCUT2D eigenvalue weighted by molar-refractivity contribution is 0.220. The fourth-order valence-corrected chi connectivity index (χ4v) is 2.00. The molecular formula is C13H21ClN2. The van der Waals surface area contributed by atoms with E-state index in [2.05, 4.69) is 37.7 Å². The second kappa shape index (κ2) is 6.21. The Morgan fingerprint density at radius 1 is 1.38 bits per heavy atom. The maximum absolute atomic E-state index is 6.04. The second-order valence-corrected chi connectivity index (χ2v) is 5.21. The number of aromatic nitrogens is 1. The lowest BCUT2D eigenvalue weighted by Gasteiger charge is -2.26. The third-order valence-electron chi connectivity index (χ3n) is 2.82. The van der Waals surface area contributed by atoms with E-state index >= 15 is 0 Å². The van der Waals surface area contributed by atoms with Crippen LogP contribution in [0.25, 0.3) is 0 Å². The summed E-state index contributed by atoms with van der Waals surface area (Å²) in [6.45, 7) is 7.62. The summed E-state index contributed by atoms with van der Waals surface area (Å²) in [5, 5.41) is 0.617. The Balaban J connectivity index is 2.57. The maximum atomic E-state index is 6.04. The quantitative estimate of drug-likeness (QED) is 0.731. The van der Waals surface area contributed by atoms with Crippen molar-refractivity contribution in [2.24, 2.45) is 5.92 Å². The van der Waals surface area contributed by atoms with Gasteiger partial charge in [0.25, 0.3) is 0 Å². The zero-order valence-electron chi connectivity index (χ0n) is 10.6. The summed E-state index contributed by atoms with van der Waals surface area (Å²) in [4.78, 5) is 6.41. The van der Waals surface area contributed by atoms with Gasteiger partial charge in [0.1, 0.15) is 5.15 Å². The van der Waals surface area contributed by atoms with Gasteiger partial charge in [0.2, 0.25) is 0 Å². The minimum atomic E-state index is 0.566. The molecule has 0 bridgehead atoms. The molecule has 1 unspecified atom stereocenters. The number of hydrogen-bond acceptors (Lipinski definition) is 2. The smallest absolute Gasteiger partial charge is 0.133 e. The number of nitrogens with zero attached hydrogens (tertiary/aromatic N) is 2. The number of hydrogen-bond donors (Lipinski definition) is 0. The van der Waals surface area contributed by atoms with Crippen LogP contribution in [0, 0.1) is 5.92 Å². The van der Waals surface area contributed by atoms with Gasteiger partial charge in [-0.2, -0.15) is 0 Å². The van der Waals surface area contributed by atoms with Gasteiger partial charge in [-0.3, -0.25) is 4.90 Å². The van der Waals surface area contributed by atoms with E-state index in [1.165, 1.54) is 6.42 Å². The lowest BCUT2D eigenvalue weighted by atomic mass is 10.0. The average Bonchev–Trinajstić information content (AvgIpc) is 2.20. The Morgan fingerprint density at radius 3 is 2.62 bits per heavy atom. The van der Waals surface area contributed by atoms with E-state index in [1.807, 2.05) is 12.1 Å². The van der Waals surface area contributed by atoms with Crippen LogP contribution >= 0.6 is 11.6 Å². The summed E-state index contributed by atoms with van der Waals surface area (Å²) in [5.74, 6) is 0.724. The molecule has 0 spiro atoms. The molecule has 1 heterocycles. The standard InChI is InChI=1S/C13H21ClN2/c1-10(2)8-11(3)16(4)9-12-6-5-7-15-13(12)14/h5-7,10-11H,8-9H2,1-4H3. The van der Waals surface area contributed by atoms with E-state index in [9.17, 15) is 0 Å². The van der Waals surface area contributed by atoms with Crippen molar-refractivity contribution < 1.29 is 0 Å². The summed E-state index contributed by atoms with van der Waals surface area (Å²) in [6, 6.07) is 4.53. The van der Waals surface area contributed by atoms with Crippen molar-refractivity contribution in [3.05, 3.63) is 29.0 Å². The topological polar surface area (TPSA) is 16.1 Å². The van der Waals surface area contributed by atoms with Crippen LogP contribution in [-0.4, -0.2) is 23.0 Å². The minimum absolute atomic E-state index is 0.566. The number of halogens is 1. The predicted molar refractivity (Wildman–Crippen MR) is 69.6 cm³/mol. The SMILES string of the molecule is CC(C)CC(C)N(C)Cc1cccnc1Cl. The van der Waals surface area contributed by atoms with Crippen molar-refractivity contribution in [3.63, 3.8) is 0 Å². The normalized spacial score (nSPS) is 13.4. The average molecular weight is 241 g/mol. The van der Waals surface area contributed by atoms with E-state index in [0.717, 1.165) is 18.0 Å². The van der Waals surface area contributed by atoms with Gasteiger partial charge >= 0.3 is 0 Å². The maximum Gasteiger partial charge on any atom is 0.133 e. The summed E-state index contributed by atoms with van der Waals surface area (Å²) < 4.78 is 0. The molecule has 16 heavy (non-hydrogen) atoms. The van der Waals surface area contributed by atoms with E-state index in [-0.39, 0.29) is 0 Å². The van der Waals surface area contributed by atoms with Gasteiger partial charge in [-0.25, -0.2) is 4.98 Å². The second-order valence-electron chi connectivity index (χ2n) is 4.85. The molecule has 3 heteroatoms. The summed E-state index contributed by atoms with van der Waals surface area (Å²) >= 11 is 6.04. The largest absolute Gasteiger partial charge is 0.299 e. The molecule has 0 saturated heterocycles.